The van der Waals surface area contributed by atoms with Crippen molar-refractivity contribution in [3.8, 4) is 0 Å². The van der Waals surface area contributed by atoms with Crippen LogP contribution in [0.4, 0.5) is 0 Å². The molecule has 104 valence electrons. The van der Waals surface area contributed by atoms with E-state index in [1.54, 1.807) is 18.5 Å². The Bertz CT molecular complexity index is 531. The fourth-order valence-corrected chi connectivity index (χ4v) is 1.78. The van der Waals surface area contributed by atoms with Crippen LogP contribution in [0.2, 0.25) is 0 Å². The first-order chi connectivity index (χ1) is 9.75. The van der Waals surface area contributed by atoms with Gasteiger partial charge in [-0.1, -0.05) is 30.3 Å². The van der Waals surface area contributed by atoms with E-state index in [0.29, 0.717) is 18.7 Å². The lowest BCUT2D eigenvalue weighted by Gasteiger charge is -2.12. The summed E-state index contributed by atoms with van der Waals surface area (Å²) in [5, 5.41) is 12.6. The van der Waals surface area contributed by atoms with Gasteiger partial charge < -0.3 is 10.4 Å². The van der Waals surface area contributed by atoms with Crippen LogP contribution in [0.1, 0.15) is 23.9 Å². The fourth-order valence-electron chi connectivity index (χ4n) is 1.78. The maximum absolute atomic E-state index is 11.7. The fraction of sp³-hybridized carbons (Fsp3) is 0.267. The molecule has 1 amide bonds. The van der Waals surface area contributed by atoms with E-state index in [1.807, 2.05) is 30.3 Å². The average molecular weight is 271 g/mol. The number of carbonyl (C=O) groups is 1. The Labute approximate surface area is 117 Å². The summed E-state index contributed by atoms with van der Waals surface area (Å²) in [5.74, 6) is 0.527. The molecule has 0 radical (unpaired) electrons. The van der Waals surface area contributed by atoms with Crippen LogP contribution in [0.25, 0.3) is 0 Å². The zero-order valence-electron chi connectivity index (χ0n) is 11.1. The number of aromatic nitrogens is 2. The number of hydrogen-bond donors (Lipinski definition) is 2. The smallest absolute Gasteiger partial charge is 0.220 e. The average Bonchev–Trinajstić information content (AvgIpc) is 2.52. The predicted octanol–water partition coefficient (Wildman–Crippen LogP) is 1.26. The van der Waals surface area contributed by atoms with E-state index >= 15 is 0 Å². The van der Waals surface area contributed by atoms with E-state index in [4.69, 9.17) is 0 Å². The van der Waals surface area contributed by atoms with Crippen molar-refractivity contribution in [2.45, 2.75) is 18.9 Å². The van der Waals surface area contributed by atoms with Crippen molar-refractivity contribution in [3.05, 3.63) is 60.2 Å². The summed E-state index contributed by atoms with van der Waals surface area (Å²) in [6.07, 6.45) is 3.42. The number of rotatable bonds is 6. The highest BCUT2D eigenvalue weighted by Gasteiger charge is 2.09. The molecule has 0 aliphatic rings. The zero-order chi connectivity index (χ0) is 14.2. The van der Waals surface area contributed by atoms with Crippen LogP contribution in [0.5, 0.6) is 0 Å². The van der Waals surface area contributed by atoms with Gasteiger partial charge in [0.05, 0.1) is 6.10 Å². The molecule has 2 N–H and O–H groups in total. The Morgan fingerprint density at radius 2 is 1.85 bits per heavy atom. The molecule has 1 atom stereocenters. The second-order valence-corrected chi connectivity index (χ2v) is 4.40. The topological polar surface area (TPSA) is 75.1 Å². The standard InChI is InChI=1S/C15H17N3O2/c19-13(12-5-2-1-3-6-12)11-18-15(20)8-7-14-16-9-4-10-17-14/h1-6,9-10,13,19H,7-8,11H2,(H,18,20). The predicted molar refractivity (Wildman–Crippen MR) is 74.8 cm³/mol. The Balaban J connectivity index is 1.73. The second kappa shape index (κ2) is 7.35. The molecular formula is C15H17N3O2. The SMILES string of the molecule is O=C(CCc1ncccn1)NCC(O)c1ccccc1. The van der Waals surface area contributed by atoms with Crippen molar-refractivity contribution in [1.29, 1.82) is 0 Å². The molecule has 1 heterocycles. The highest BCUT2D eigenvalue weighted by atomic mass is 16.3. The number of nitrogens with one attached hydrogen (secondary N) is 1. The van der Waals surface area contributed by atoms with Gasteiger partial charge in [-0.15, -0.1) is 0 Å². The van der Waals surface area contributed by atoms with Gasteiger partial charge in [-0.2, -0.15) is 0 Å². The van der Waals surface area contributed by atoms with E-state index in [9.17, 15) is 9.90 Å². The third kappa shape index (κ3) is 4.44. The van der Waals surface area contributed by atoms with Crippen molar-refractivity contribution in [1.82, 2.24) is 15.3 Å². The van der Waals surface area contributed by atoms with E-state index in [-0.39, 0.29) is 12.5 Å². The van der Waals surface area contributed by atoms with Crippen molar-refractivity contribution in [3.63, 3.8) is 0 Å². The monoisotopic (exact) mass is 271 g/mol. The Kier molecular flexibility index (Phi) is 5.20. The number of aryl methyl sites for hydroxylation is 1. The van der Waals surface area contributed by atoms with Crippen LogP contribution in [0.3, 0.4) is 0 Å². The molecule has 20 heavy (non-hydrogen) atoms. The number of hydrogen-bond acceptors (Lipinski definition) is 4. The molecule has 2 rings (SSSR count). The van der Waals surface area contributed by atoms with E-state index in [0.717, 1.165) is 5.56 Å². The molecule has 1 aromatic carbocycles. The maximum Gasteiger partial charge on any atom is 0.220 e. The Morgan fingerprint density at radius 1 is 1.15 bits per heavy atom. The van der Waals surface area contributed by atoms with Gasteiger partial charge in [0.1, 0.15) is 5.82 Å². The summed E-state index contributed by atoms with van der Waals surface area (Å²) in [6, 6.07) is 11.0. The molecule has 0 saturated heterocycles. The lowest BCUT2D eigenvalue weighted by Crippen LogP contribution is -2.28. The van der Waals surface area contributed by atoms with Crippen molar-refractivity contribution < 1.29 is 9.90 Å². The number of benzene rings is 1. The molecule has 5 nitrogen and oxygen atoms in total. The van der Waals surface area contributed by atoms with Gasteiger partial charge >= 0.3 is 0 Å². The van der Waals surface area contributed by atoms with Crippen molar-refractivity contribution >= 4 is 5.91 Å². The molecule has 2 aromatic rings. The van der Waals surface area contributed by atoms with E-state index < -0.39 is 6.10 Å². The minimum absolute atomic E-state index is 0.118. The minimum atomic E-state index is -0.687. The van der Waals surface area contributed by atoms with Crippen LogP contribution in [-0.4, -0.2) is 27.5 Å². The molecule has 1 aromatic heterocycles. The number of amides is 1. The molecule has 0 spiro atoms. The quantitative estimate of drug-likeness (QED) is 0.829. The normalized spacial score (nSPS) is 11.8. The van der Waals surface area contributed by atoms with E-state index in [1.165, 1.54) is 0 Å². The van der Waals surface area contributed by atoms with Gasteiger partial charge in [0.25, 0.3) is 0 Å². The molecule has 0 aliphatic heterocycles. The minimum Gasteiger partial charge on any atom is -0.387 e. The molecule has 5 heteroatoms. The van der Waals surface area contributed by atoms with Gasteiger partial charge in [0.2, 0.25) is 5.91 Å². The zero-order valence-corrected chi connectivity index (χ0v) is 11.1. The first-order valence-electron chi connectivity index (χ1n) is 6.51. The molecule has 1 unspecified atom stereocenters. The molecule has 0 fully saturated rings. The van der Waals surface area contributed by atoms with E-state index in [2.05, 4.69) is 15.3 Å². The van der Waals surface area contributed by atoms with Gasteiger partial charge in [-0.25, -0.2) is 9.97 Å². The van der Waals surface area contributed by atoms with Crippen molar-refractivity contribution in [2.75, 3.05) is 6.54 Å². The summed E-state index contributed by atoms with van der Waals surface area (Å²) in [4.78, 5) is 19.8. The summed E-state index contributed by atoms with van der Waals surface area (Å²) in [5.41, 5.74) is 0.791. The molecular weight excluding hydrogens is 254 g/mol. The Morgan fingerprint density at radius 3 is 2.55 bits per heavy atom. The highest BCUT2D eigenvalue weighted by Crippen LogP contribution is 2.10. The van der Waals surface area contributed by atoms with Gasteiger partial charge in [-0.05, 0) is 11.6 Å². The summed E-state index contributed by atoms with van der Waals surface area (Å²) >= 11 is 0. The molecule has 0 aliphatic carbocycles. The maximum atomic E-state index is 11.7. The first kappa shape index (κ1) is 14.1. The van der Waals surface area contributed by atoms with Crippen LogP contribution >= 0.6 is 0 Å². The molecule has 0 bridgehead atoms. The lowest BCUT2D eigenvalue weighted by atomic mass is 10.1. The highest BCUT2D eigenvalue weighted by molar-refractivity contribution is 5.76. The second-order valence-electron chi connectivity index (χ2n) is 4.40. The van der Waals surface area contributed by atoms with Gasteiger partial charge in [0, 0.05) is 31.8 Å². The summed E-state index contributed by atoms with van der Waals surface area (Å²) < 4.78 is 0. The number of nitrogens with zero attached hydrogens (tertiary/aromatic N) is 2. The largest absolute Gasteiger partial charge is 0.387 e. The van der Waals surface area contributed by atoms with Crippen LogP contribution in [-0.2, 0) is 11.2 Å². The Hall–Kier alpha value is -2.27. The van der Waals surface area contributed by atoms with Crippen molar-refractivity contribution in [2.24, 2.45) is 0 Å². The number of aliphatic hydroxyl groups is 1. The van der Waals surface area contributed by atoms with Gasteiger partial charge in [0.15, 0.2) is 0 Å². The summed E-state index contributed by atoms with van der Waals surface area (Å²) in [6.45, 7) is 0.207. The van der Waals surface area contributed by atoms with Crippen LogP contribution in [0.15, 0.2) is 48.8 Å². The lowest BCUT2D eigenvalue weighted by molar-refractivity contribution is -0.121. The number of aliphatic hydroxyl groups excluding tert-OH is 1. The van der Waals surface area contributed by atoms with Crippen LogP contribution in [0, 0.1) is 0 Å². The van der Waals surface area contributed by atoms with Gasteiger partial charge in [-0.3, -0.25) is 4.79 Å². The summed E-state index contributed by atoms with van der Waals surface area (Å²) in [7, 11) is 0. The van der Waals surface area contributed by atoms with Crippen LogP contribution < -0.4 is 5.32 Å². The number of carbonyl (C=O) groups excluding carboxylic acids is 1. The molecule has 0 saturated carbocycles. The third-order valence-electron chi connectivity index (χ3n) is 2.87. The first-order valence-corrected chi connectivity index (χ1v) is 6.51. The third-order valence-corrected chi connectivity index (χ3v) is 2.87.